The minimum absolute atomic E-state index is 0.236. The summed E-state index contributed by atoms with van der Waals surface area (Å²) in [6.45, 7) is -1.65. The van der Waals surface area contributed by atoms with E-state index in [9.17, 15) is 71.5 Å². The number of para-hydroxylation sites is 7. The number of aliphatic hydroxyl groups excluding tert-OH is 14. The number of anilines is 7. The van der Waals surface area contributed by atoms with Gasteiger partial charge in [0.05, 0.1) is 0 Å². The summed E-state index contributed by atoms with van der Waals surface area (Å²) in [5, 5.41) is 197. The molecule has 35 nitrogen and oxygen atoms in total. The summed E-state index contributed by atoms with van der Waals surface area (Å²) in [5.74, 6) is 0. The third kappa shape index (κ3) is 20.4. The maximum Gasteiger partial charge on any atom is 0.187 e. The molecule has 7 aromatic rings. The molecule has 119 heavy (non-hydrogen) atoms. The van der Waals surface area contributed by atoms with Gasteiger partial charge in [0.25, 0.3) is 0 Å². The molecule has 35 heteroatoms. The standard InChI is InChI=1S/C84H105N7O28/c92-57-64(99)78-106-50(36-85-43-22-8-1-9-23-43)71(57)113-79-65(100)58(93)73(52(107-79)38-87-45-26-12-3-13-27-45)115-81-67(102)60(95)75(54(109-81)40-89-47-30-16-5-17-31-47)117-83-69(104)62(97)77(56(111-83)42-91-49-34-20-7-21-35-49)119-84-70(105)63(98)76(55(112-84)41-90-48-32-18-6-19-33-48)118-82-68(103)61(96)74(53(110-82)39-88-46-28-14-4-15-29-46)116-80-66(101)59(94)72(114-78)51(108-80)37-86-44-24-10-2-11-25-44/h1-35,50-105H,36-42H2/t50-,51-,52-,53-,54-,55-,56-,57-,58-,59-,60-,61-,62-,63-,64-,65-,66-,67-,68-,69-,70-,71-,72-,73-,74-,75-,76-,77-,78-,79-,80-,81-,82-,83-,84-/m1/s1. The SMILES string of the molecule is O[C@@H]1[C@@H](O)[C@H]2O[C@H]3[C@H](O)[C@@H](O)[C@@H](O[C@H]4[C@H](O)[C@@H](O)[C@@H](O[C@H]5[C@H](O)[C@@H](O)[C@@H](O[C@H]6[C@H](O)[C@@H](O)[C@@H](O[C@H]7[C@H](O)[C@@H](O)[C@@H](O[C@H]8[C@H](O)[C@@H](O)[C@@H](O[C@@H]1[C@@H](CNc1ccccc1)O2)O[C@@H]8CNc1ccccc1)O[C@@H]7CNc1ccccc1)O[C@@H]6CNc1ccccc1)O[C@@H]5CNc1ccccc1)O[C@@H]4CNc1ccccc1)O[C@@H]3CNc1ccccc1. The third-order valence-electron chi connectivity index (χ3n) is 22.5. The number of hydrogen-bond donors (Lipinski definition) is 21. The van der Waals surface area contributed by atoms with Gasteiger partial charge in [0.2, 0.25) is 0 Å². The van der Waals surface area contributed by atoms with E-state index in [4.69, 9.17) is 66.3 Å². The van der Waals surface area contributed by atoms with Crippen molar-refractivity contribution in [2.45, 2.75) is 215 Å². The molecule has 28 rings (SSSR count). The third-order valence-corrected chi connectivity index (χ3v) is 22.5. The zero-order valence-corrected chi connectivity index (χ0v) is 64.3. The quantitative estimate of drug-likeness (QED) is 0.0435. The van der Waals surface area contributed by atoms with Crippen LogP contribution in [0.5, 0.6) is 0 Å². The minimum Gasteiger partial charge on any atom is -0.387 e. The van der Waals surface area contributed by atoms with Crippen LogP contribution in [-0.2, 0) is 66.3 Å². The lowest BCUT2D eigenvalue weighted by Gasteiger charge is -2.50. The number of hydrogen-bond acceptors (Lipinski definition) is 35. The molecular formula is C84H105N7O28. The molecule has 21 saturated heterocycles. The van der Waals surface area contributed by atoms with E-state index in [1.807, 2.05) is 0 Å². The van der Waals surface area contributed by atoms with Crippen molar-refractivity contribution in [3.8, 4) is 0 Å². The van der Waals surface area contributed by atoms with Gasteiger partial charge in [0, 0.05) is 85.6 Å². The molecule has 14 bridgehead atoms. The summed E-state index contributed by atoms with van der Waals surface area (Å²) < 4.78 is 92.0. The number of rotatable bonds is 21. The molecule has 0 unspecified atom stereocenters. The molecule has 0 amide bonds. The van der Waals surface area contributed by atoms with Crippen LogP contribution in [0, 0.1) is 0 Å². The van der Waals surface area contributed by atoms with Gasteiger partial charge in [-0.05, 0) is 84.9 Å². The van der Waals surface area contributed by atoms with Crippen molar-refractivity contribution in [1.29, 1.82) is 0 Å². The number of aliphatic hydroxyl groups is 14. The molecule has 21 aliphatic rings. The van der Waals surface area contributed by atoms with Crippen molar-refractivity contribution in [1.82, 2.24) is 0 Å². The molecular weight excluding hydrogens is 1550 g/mol. The summed E-state index contributed by atoms with van der Waals surface area (Å²) in [6.07, 6.45) is -63.9. The average molecular weight is 1660 g/mol. The Balaban J connectivity index is 0.797. The van der Waals surface area contributed by atoms with Gasteiger partial charge in [0.1, 0.15) is 171 Å². The Bertz CT molecular complexity index is 3440. The monoisotopic (exact) mass is 1660 g/mol. The molecule has 21 aliphatic heterocycles. The van der Waals surface area contributed by atoms with Gasteiger partial charge < -0.3 is 175 Å². The lowest BCUT2D eigenvalue weighted by molar-refractivity contribution is -0.390. The van der Waals surface area contributed by atoms with E-state index < -0.39 is 215 Å². The van der Waals surface area contributed by atoms with Crippen LogP contribution in [0.15, 0.2) is 212 Å². The lowest BCUT2D eigenvalue weighted by Crippen LogP contribution is -2.68. The van der Waals surface area contributed by atoms with Gasteiger partial charge in [-0.15, -0.1) is 0 Å². The van der Waals surface area contributed by atoms with Crippen molar-refractivity contribution in [3.05, 3.63) is 212 Å². The Morgan fingerprint density at radius 3 is 0.370 bits per heavy atom. The molecule has 21 N–H and O–H groups in total. The predicted molar refractivity (Wildman–Crippen MR) is 423 cm³/mol. The highest BCUT2D eigenvalue weighted by atomic mass is 16.8. The van der Waals surface area contributed by atoms with E-state index in [-0.39, 0.29) is 45.8 Å². The van der Waals surface area contributed by atoms with Crippen LogP contribution in [0.3, 0.4) is 0 Å². The summed E-state index contributed by atoms with van der Waals surface area (Å²) in [7, 11) is 0. The van der Waals surface area contributed by atoms with E-state index in [0.717, 1.165) is 0 Å². The van der Waals surface area contributed by atoms with Gasteiger partial charge in [-0.25, -0.2) is 0 Å². The van der Waals surface area contributed by atoms with Gasteiger partial charge in [-0.2, -0.15) is 0 Å². The Hall–Kier alpha value is -7.98. The molecule has 644 valence electrons. The van der Waals surface area contributed by atoms with E-state index in [0.29, 0.717) is 39.8 Å². The second-order valence-corrected chi connectivity index (χ2v) is 30.6. The number of nitrogens with one attached hydrogen (secondary N) is 7. The topological polar surface area (TPSA) is 497 Å². The molecule has 21 heterocycles. The first-order chi connectivity index (χ1) is 57.8. The highest BCUT2D eigenvalue weighted by Crippen LogP contribution is 2.41. The smallest absolute Gasteiger partial charge is 0.187 e. The zero-order chi connectivity index (χ0) is 82.8. The molecule has 0 saturated carbocycles. The van der Waals surface area contributed by atoms with Crippen LogP contribution in [0.4, 0.5) is 39.8 Å². The first kappa shape index (κ1) is 86.0. The second kappa shape index (κ2) is 39.9. The van der Waals surface area contributed by atoms with Crippen LogP contribution in [0.1, 0.15) is 0 Å². The average Bonchev–Trinajstić information content (AvgIpc) is 0.805. The molecule has 0 spiro atoms. The largest absolute Gasteiger partial charge is 0.387 e. The first-order valence-electron chi connectivity index (χ1n) is 40.0. The van der Waals surface area contributed by atoms with Crippen LogP contribution in [0.2, 0.25) is 0 Å². The van der Waals surface area contributed by atoms with E-state index in [1.165, 1.54) is 0 Å². The summed E-state index contributed by atoms with van der Waals surface area (Å²) in [4.78, 5) is 0. The van der Waals surface area contributed by atoms with Crippen molar-refractivity contribution in [3.63, 3.8) is 0 Å². The lowest BCUT2D eigenvalue weighted by atomic mass is 9.94. The van der Waals surface area contributed by atoms with Crippen LogP contribution in [-0.4, -0.2) is 332 Å². The normalized spacial score (nSPS) is 39.5. The van der Waals surface area contributed by atoms with Gasteiger partial charge in [0.15, 0.2) is 44.0 Å². The maximum absolute atomic E-state index is 12.6. The number of ether oxygens (including phenoxy) is 14. The van der Waals surface area contributed by atoms with Crippen LogP contribution < -0.4 is 37.2 Å². The van der Waals surface area contributed by atoms with Gasteiger partial charge >= 0.3 is 0 Å². The van der Waals surface area contributed by atoms with Gasteiger partial charge in [-0.1, -0.05) is 127 Å². The maximum atomic E-state index is 12.6. The van der Waals surface area contributed by atoms with Crippen molar-refractivity contribution in [2.75, 3.05) is 83.0 Å². The Kier molecular flexibility index (Phi) is 28.8. The van der Waals surface area contributed by atoms with E-state index >= 15 is 0 Å². The Morgan fingerprint density at radius 1 is 0.151 bits per heavy atom. The fourth-order valence-corrected chi connectivity index (χ4v) is 16.0. The van der Waals surface area contributed by atoms with Crippen LogP contribution in [0.25, 0.3) is 0 Å². The highest BCUT2D eigenvalue weighted by Gasteiger charge is 2.60. The van der Waals surface area contributed by atoms with E-state index in [2.05, 4.69) is 37.2 Å². The summed E-state index contributed by atoms with van der Waals surface area (Å²) in [6, 6.07) is 61.5. The molecule has 7 aromatic carbocycles. The minimum atomic E-state index is -2.10. The highest BCUT2D eigenvalue weighted by molar-refractivity contribution is 5.47. The van der Waals surface area contributed by atoms with Gasteiger partial charge in [-0.3, -0.25) is 0 Å². The molecule has 35 atom stereocenters. The van der Waals surface area contributed by atoms with Crippen molar-refractivity contribution in [2.24, 2.45) is 0 Å². The first-order valence-corrected chi connectivity index (χ1v) is 40.0. The van der Waals surface area contributed by atoms with Crippen molar-refractivity contribution >= 4 is 39.8 Å². The van der Waals surface area contributed by atoms with Crippen LogP contribution >= 0.6 is 0 Å². The molecule has 0 aliphatic carbocycles. The predicted octanol–water partition coefficient (Wildman–Crippen LogP) is -0.392. The van der Waals surface area contributed by atoms with E-state index in [1.54, 1.807) is 212 Å². The fourth-order valence-electron chi connectivity index (χ4n) is 16.0. The second-order valence-electron chi connectivity index (χ2n) is 30.6. The summed E-state index contributed by atoms with van der Waals surface area (Å²) in [5.41, 5.74) is 3.90. The molecule has 0 radical (unpaired) electrons. The zero-order valence-electron chi connectivity index (χ0n) is 64.3. The Labute approximate surface area is 685 Å². The Morgan fingerprint density at radius 2 is 0.261 bits per heavy atom. The fraction of sp³-hybridized carbons (Fsp3) is 0.500. The van der Waals surface area contributed by atoms with Crippen molar-refractivity contribution < 1.29 is 138 Å². The molecule has 21 fully saturated rings. The number of benzene rings is 7. The summed E-state index contributed by atoms with van der Waals surface area (Å²) >= 11 is 0. The molecule has 0 aromatic heterocycles.